The summed E-state index contributed by atoms with van der Waals surface area (Å²) < 4.78 is 6.09. The number of aromatic nitrogens is 2. The normalized spacial score (nSPS) is 9.60. The van der Waals surface area contributed by atoms with Gasteiger partial charge < -0.3 is 9.63 Å². The van der Waals surface area contributed by atoms with Crippen LogP contribution in [0.2, 0.25) is 0 Å². The molecule has 6 nitrogen and oxygen atoms in total. The molecule has 1 rings (SSSR count). The fourth-order valence-electron chi connectivity index (χ4n) is 1.11. The third-order valence-electron chi connectivity index (χ3n) is 1.79. The van der Waals surface area contributed by atoms with Crippen LogP contribution in [-0.2, 0) is 11.3 Å². The van der Waals surface area contributed by atoms with Crippen LogP contribution in [-0.4, -0.2) is 11.1 Å². The second-order valence-corrected chi connectivity index (χ2v) is 3.03. The molecule has 1 aromatic rings. The lowest BCUT2D eigenvalue weighted by Crippen LogP contribution is -2.37. The van der Waals surface area contributed by atoms with E-state index in [9.17, 15) is 4.79 Å². The molecule has 2 N–H and O–H groups in total. The van der Waals surface area contributed by atoms with E-state index in [-0.39, 0.29) is 24.4 Å². The van der Waals surface area contributed by atoms with Crippen LogP contribution in [0, 0.1) is 5.41 Å². The van der Waals surface area contributed by atoms with Gasteiger partial charge in [0.1, 0.15) is 6.54 Å². The Morgan fingerprint density at radius 1 is 1.53 bits per heavy atom. The zero-order valence-electron chi connectivity index (χ0n) is 8.18. The van der Waals surface area contributed by atoms with Crippen molar-refractivity contribution >= 4 is 18.4 Å². The summed E-state index contributed by atoms with van der Waals surface area (Å²) in [6.07, 6.45) is 4.09. The van der Waals surface area contributed by atoms with Gasteiger partial charge in [0, 0.05) is 12.8 Å². The van der Waals surface area contributed by atoms with E-state index in [1.54, 1.807) is 4.68 Å². The molecule has 0 unspecified atom stereocenters. The number of aryl methyl sites for hydroxylation is 1. The lowest BCUT2D eigenvalue weighted by Gasteiger charge is -1.97. The number of hydrogen-bond acceptors (Lipinski definition) is 3. The first kappa shape index (κ1) is 13.7. The maximum atomic E-state index is 10.2. The van der Waals surface area contributed by atoms with Crippen molar-refractivity contribution in [3.63, 3.8) is 0 Å². The van der Waals surface area contributed by atoms with E-state index < -0.39 is 5.97 Å². The smallest absolute Gasteiger partial charge is 0.303 e. The SMILES string of the molecule is Cl.N=c1c[n+](CCCCCC(=O)O)[n-]o1. The molecule has 15 heavy (non-hydrogen) atoms. The summed E-state index contributed by atoms with van der Waals surface area (Å²) in [5, 5.41) is 19.0. The third kappa shape index (κ3) is 5.90. The number of carbonyl (C=O) groups is 1. The van der Waals surface area contributed by atoms with Gasteiger partial charge in [0.05, 0.1) is 0 Å². The molecule has 0 amide bonds. The van der Waals surface area contributed by atoms with Crippen molar-refractivity contribution in [1.82, 2.24) is 5.27 Å². The quantitative estimate of drug-likeness (QED) is 0.539. The summed E-state index contributed by atoms with van der Waals surface area (Å²) in [5.74, 6) is -0.757. The number of carboxylic acids is 1. The number of hydrogen-bond donors (Lipinski definition) is 2. The van der Waals surface area contributed by atoms with Crippen molar-refractivity contribution in [1.29, 1.82) is 5.41 Å². The van der Waals surface area contributed by atoms with Crippen molar-refractivity contribution in [3.8, 4) is 0 Å². The summed E-state index contributed by atoms with van der Waals surface area (Å²) in [4.78, 5) is 10.2. The Morgan fingerprint density at radius 2 is 2.27 bits per heavy atom. The zero-order chi connectivity index (χ0) is 10.4. The Labute approximate surface area is 92.8 Å². The predicted molar refractivity (Wildman–Crippen MR) is 51.4 cm³/mol. The zero-order valence-corrected chi connectivity index (χ0v) is 9.00. The van der Waals surface area contributed by atoms with Crippen LogP contribution in [0.1, 0.15) is 25.7 Å². The number of nitrogens with one attached hydrogen (secondary N) is 1. The lowest BCUT2D eigenvalue weighted by atomic mass is 10.2. The van der Waals surface area contributed by atoms with Crippen molar-refractivity contribution in [2.75, 3.05) is 0 Å². The molecule has 0 aliphatic rings. The molecule has 7 heteroatoms. The molecule has 1 aromatic heterocycles. The summed E-state index contributed by atoms with van der Waals surface area (Å²) in [5.41, 5.74) is 0.0375. The molecule has 0 radical (unpaired) electrons. The summed E-state index contributed by atoms with van der Waals surface area (Å²) >= 11 is 0. The number of unbranched alkanes of at least 4 members (excludes halogenated alkanes) is 2. The topological polar surface area (TPSA) is 92.3 Å². The molecule has 0 atom stereocenters. The van der Waals surface area contributed by atoms with E-state index in [2.05, 4.69) is 9.79 Å². The average Bonchev–Trinajstić information content (AvgIpc) is 2.50. The van der Waals surface area contributed by atoms with Crippen LogP contribution in [0.4, 0.5) is 0 Å². The number of aliphatic carboxylic acids is 1. The summed E-state index contributed by atoms with van der Waals surface area (Å²) in [6.45, 7) is 0.669. The minimum absolute atomic E-state index is 0. The predicted octanol–water partition coefficient (Wildman–Crippen LogP) is 0.0706. The van der Waals surface area contributed by atoms with Crippen molar-refractivity contribution in [3.05, 3.63) is 11.8 Å². The molecular weight excluding hydrogens is 222 g/mol. The molecule has 0 saturated carbocycles. The molecule has 1 heterocycles. The van der Waals surface area contributed by atoms with Gasteiger partial charge in [-0.05, 0) is 12.8 Å². The standard InChI is InChI=1S/C8H13N3O3.ClH/c9-7-6-11(10-14-7)5-3-1-2-4-8(12)13;/h6,9H,1-5H2,(H,12,13);1H. The van der Waals surface area contributed by atoms with Crippen LogP contribution in [0.25, 0.3) is 0 Å². The number of carboxylic acid groups (broad SMARTS) is 1. The molecule has 0 saturated heterocycles. The maximum absolute atomic E-state index is 10.2. The highest BCUT2D eigenvalue weighted by Crippen LogP contribution is 1.98. The third-order valence-corrected chi connectivity index (χ3v) is 1.79. The molecule has 0 aromatic carbocycles. The van der Waals surface area contributed by atoms with Gasteiger partial charge in [0.15, 0.2) is 0 Å². The van der Waals surface area contributed by atoms with Crippen LogP contribution in [0.5, 0.6) is 0 Å². The second-order valence-electron chi connectivity index (χ2n) is 3.03. The molecular formula is C8H14ClN3O3. The maximum Gasteiger partial charge on any atom is 0.303 e. The molecule has 0 fully saturated rings. The van der Waals surface area contributed by atoms with Gasteiger partial charge in [-0.1, -0.05) is 0 Å². The number of rotatable bonds is 6. The van der Waals surface area contributed by atoms with Crippen LogP contribution < -0.4 is 15.5 Å². The van der Waals surface area contributed by atoms with Gasteiger partial charge in [-0.15, -0.1) is 12.4 Å². The van der Waals surface area contributed by atoms with Gasteiger partial charge in [-0.2, -0.15) is 0 Å². The Bertz CT molecular complexity index is 347. The van der Waals surface area contributed by atoms with Crippen LogP contribution in [0.3, 0.4) is 0 Å². The Balaban J connectivity index is 0.00000196. The highest BCUT2D eigenvalue weighted by Gasteiger charge is 1.99. The fraction of sp³-hybridized carbons (Fsp3) is 0.625. The van der Waals surface area contributed by atoms with Crippen molar-refractivity contribution < 1.29 is 19.1 Å². The molecule has 0 bridgehead atoms. The van der Waals surface area contributed by atoms with E-state index in [0.29, 0.717) is 13.0 Å². The molecule has 0 spiro atoms. The van der Waals surface area contributed by atoms with Crippen LogP contribution in [0.15, 0.2) is 10.7 Å². The first-order valence-electron chi connectivity index (χ1n) is 4.48. The van der Waals surface area contributed by atoms with Crippen molar-refractivity contribution in [2.45, 2.75) is 32.2 Å². The largest absolute Gasteiger partial charge is 0.487 e. The Morgan fingerprint density at radius 3 is 2.80 bits per heavy atom. The lowest BCUT2D eigenvalue weighted by molar-refractivity contribution is -0.767. The first-order chi connectivity index (χ1) is 6.68. The van der Waals surface area contributed by atoms with E-state index in [1.165, 1.54) is 6.20 Å². The van der Waals surface area contributed by atoms with Crippen LogP contribution >= 0.6 is 12.4 Å². The average molecular weight is 236 g/mol. The summed E-state index contributed by atoms with van der Waals surface area (Å²) in [7, 11) is 0. The van der Waals surface area contributed by atoms with Gasteiger partial charge in [0.25, 0.3) is 5.55 Å². The van der Waals surface area contributed by atoms with Gasteiger partial charge >= 0.3 is 5.97 Å². The second kappa shape index (κ2) is 7.05. The highest BCUT2D eigenvalue weighted by molar-refractivity contribution is 5.85. The molecule has 86 valence electrons. The first-order valence-corrected chi connectivity index (χ1v) is 4.48. The van der Waals surface area contributed by atoms with Gasteiger partial charge in [0.2, 0.25) is 6.20 Å². The Kier molecular flexibility index (Phi) is 6.44. The van der Waals surface area contributed by atoms with E-state index in [1.807, 2.05) is 0 Å². The van der Waals surface area contributed by atoms with E-state index in [0.717, 1.165) is 12.8 Å². The summed E-state index contributed by atoms with van der Waals surface area (Å²) in [6, 6.07) is 0. The monoisotopic (exact) mass is 235 g/mol. The highest BCUT2D eigenvalue weighted by atomic mass is 35.5. The number of nitrogens with zero attached hydrogens (tertiary/aromatic N) is 2. The number of halogens is 1. The fourth-order valence-corrected chi connectivity index (χ4v) is 1.11. The van der Waals surface area contributed by atoms with Crippen molar-refractivity contribution in [2.24, 2.45) is 0 Å². The minimum Gasteiger partial charge on any atom is -0.487 e. The van der Waals surface area contributed by atoms with Gasteiger partial charge in [-0.25, -0.2) is 4.68 Å². The molecule has 0 aliphatic carbocycles. The minimum atomic E-state index is -0.757. The Hall–Kier alpha value is -1.30. The van der Waals surface area contributed by atoms with E-state index in [4.69, 9.17) is 10.5 Å². The van der Waals surface area contributed by atoms with Gasteiger partial charge in [-0.3, -0.25) is 15.5 Å². The van der Waals surface area contributed by atoms with E-state index >= 15 is 0 Å². The molecule has 0 aliphatic heterocycles.